The molecule has 0 atom stereocenters. The first-order valence-corrected chi connectivity index (χ1v) is 10.4. The zero-order chi connectivity index (χ0) is 22.7. The molecule has 0 aliphatic carbocycles. The maximum Gasteiger partial charge on any atom is 0.270 e. The number of nitro benzene ring substituents is 1. The number of carbonyl (C=O) groups excluding carboxylic acids is 2. The van der Waals surface area contributed by atoms with Gasteiger partial charge in [0, 0.05) is 53.9 Å². The van der Waals surface area contributed by atoms with Gasteiger partial charge in [-0.15, -0.1) is 0 Å². The molecule has 2 amide bonds. The van der Waals surface area contributed by atoms with E-state index < -0.39 is 4.92 Å². The summed E-state index contributed by atoms with van der Waals surface area (Å²) >= 11 is 0. The highest BCUT2D eigenvalue weighted by atomic mass is 16.6. The Kier molecular flexibility index (Phi) is 6.07. The van der Waals surface area contributed by atoms with Crippen molar-refractivity contribution < 1.29 is 19.2 Å². The molecule has 166 valence electrons. The van der Waals surface area contributed by atoms with Gasteiger partial charge in [-0.3, -0.25) is 19.7 Å². The molecular formula is C23H24N4O5. The fourth-order valence-corrected chi connectivity index (χ4v) is 4.07. The molecule has 1 aromatic heterocycles. The standard InChI is InChI=1S/C23H24N4O5/c1-32-21-5-3-2-4-15(21)12-22(28)26-10-8-16(9-11-26)25-23(29)19-14-24-20-7-6-17(27(30)31)13-18(19)20/h2-7,13-14,16,24H,8-12H2,1H3,(H,25,29). The summed E-state index contributed by atoms with van der Waals surface area (Å²) in [6.45, 7) is 1.11. The Morgan fingerprint density at radius 3 is 2.69 bits per heavy atom. The SMILES string of the molecule is COc1ccccc1CC(=O)N1CCC(NC(=O)c2c[nH]c3ccc([N+](=O)[O-])cc23)CC1. The molecule has 1 aliphatic rings. The van der Waals surface area contributed by atoms with Crippen molar-refractivity contribution in [1.82, 2.24) is 15.2 Å². The van der Waals surface area contributed by atoms with Crippen LogP contribution in [0.2, 0.25) is 0 Å². The molecule has 2 N–H and O–H groups in total. The molecule has 9 nitrogen and oxygen atoms in total. The zero-order valence-electron chi connectivity index (χ0n) is 17.7. The van der Waals surface area contributed by atoms with Crippen LogP contribution in [0.15, 0.2) is 48.7 Å². The van der Waals surface area contributed by atoms with Gasteiger partial charge in [0.2, 0.25) is 5.91 Å². The normalized spacial score (nSPS) is 14.3. The monoisotopic (exact) mass is 436 g/mol. The largest absolute Gasteiger partial charge is 0.496 e. The van der Waals surface area contributed by atoms with E-state index in [0.29, 0.717) is 48.1 Å². The van der Waals surface area contributed by atoms with Crippen LogP contribution in [0.1, 0.15) is 28.8 Å². The summed E-state index contributed by atoms with van der Waals surface area (Å²) in [5.74, 6) is 0.445. The minimum Gasteiger partial charge on any atom is -0.496 e. The average Bonchev–Trinajstić information content (AvgIpc) is 3.23. The quantitative estimate of drug-likeness (QED) is 0.455. The highest BCUT2D eigenvalue weighted by Gasteiger charge is 2.25. The van der Waals surface area contributed by atoms with Crippen LogP contribution in [0.3, 0.4) is 0 Å². The second-order valence-electron chi connectivity index (χ2n) is 7.81. The summed E-state index contributed by atoms with van der Waals surface area (Å²) in [5, 5.41) is 14.6. The van der Waals surface area contributed by atoms with Gasteiger partial charge in [-0.05, 0) is 25.0 Å². The third-order valence-electron chi connectivity index (χ3n) is 5.84. The van der Waals surface area contributed by atoms with Crippen LogP contribution in [0.4, 0.5) is 5.69 Å². The van der Waals surface area contributed by atoms with Crippen LogP contribution in [0.5, 0.6) is 5.75 Å². The van der Waals surface area contributed by atoms with Crippen LogP contribution in [0.25, 0.3) is 10.9 Å². The molecule has 0 radical (unpaired) electrons. The molecule has 2 heterocycles. The second-order valence-corrected chi connectivity index (χ2v) is 7.81. The number of likely N-dealkylation sites (tertiary alicyclic amines) is 1. The molecule has 0 unspecified atom stereocenters. The van der Waals surface area contributed by atoms with Gasteiger partial charge >= 0.3 is 0 Å². The van der Waals surface area contributed by atoms with Crippen LogP contribution in [-0.4, -0.2) is 52.9 Å². The smallest absolute Gasteiger partial charge is 0.270 e. The van der Waals surface area contributed by atoms with E-state index in [2.05, 4.69) is 10.3 Å². The van der Waals surface area contributed by atoms with Crippen LogP contribution < -0.4 is 10.1 Å². The van der Waals surface area contributed by atoms with E-state index in [-0.39, 0.29) is 30.0 Å². The van der Waals surface area contributed by atoms with E-state index >= 15 is 0 Å². The highest BCUT2D eigenvalue weighted by molar-refractivity contribution is 6.07. The maximum atomic E-state index is 12.8. The van der Waals surface area contributed by atoms with Gasteiger partial charge in [-0.25, -0.2) is 0 Å². The van der Waals surface area contributed by atoms with Gasteiger partial charge < -0.3 is 19.9 Å². The summed E-state index contributed by atoms with van der Waals surface area (Å²) in [6.07, 6.45) is 3.13. The molecule has 4 rings (SSSR count). The molecular weight excluding hydrogens is 412 g/mol. The summed E-state index contributed by atoms with van der Waals surface area (Å²) in [4.78, 5) is 40.9. The number of carbonyl (C=O) groups is 2. The lowest BCUT2D eigenvalue weighted by atomic mass is 10.0. The van der Waals surface area contributed by atoms with E-state index in [1.807, 2.05) is 29.2 Å². The molecule has 0 spiro atoms. The number of benzene rings is 2. The van der Waals surface area contributed by atoms with Gasteiger partial charge in [-0.2, -0.15) is 0 Å². The molecule has 0 saturated carbocycles. The first-order chi connectivity index (χ1) is 15.5. The van der Waals surface area contributed by atoms with Crippen molar-refractivity contribution >= 4 is 28.4 Å². The minimum absolute atomic E-state index is 0.0308. The molecule has 32 heavy (non-hydrogen) atoms. The predicted octanol–water partition coefficient (Wildman–Crippen LogP) is 3.05. The number of aromatic nitrogens is 1. The highest BCUT2D eigenvalue weighted by Crippen LogP contribution is 2.24. The van der Waals surface area contributed by atoms with Gasteiger partial charge in [0.15, 0.2) is 0 Å². The number of non-ortho nitro benzene ring substituents is 1. The molecule has 9 heteroatoms. The lowest BCUT2D eigenvalue weighted by molar-refractivity contribution is -0.384. The van der Waals surface area contributed by atoms with Crippen molar-refractivity contribution in [2.45, 2.75) is 25.3 Å². The maximum absolute atomic E-state index is 12.8. The minimum atomic E-state index is -0.480. The predicted molar refractivity (Wildman–Crippen MR) is 119 cm³/mol. The van der Waals surface area contributed by atoms with Gasteiger partial charge in [0.05, 0.1) is 24.0 Å². The molecule has 2 aromatic carbocycles. The molecule has 1 saturated heterocycles. The number of hydrogen-bond acceptors (Lipinski definition) is 5. The number of aromatic amines is 1. The van der Waals surface area contributed by atoms with Gasteiger partial charge in [0.25, 0.3) is 11.6 Å². The summed E-state index contributed by atoms with van der Waals surface area (Å²) in [5.41, 5.74) is 1.83. The number of para-hydroxylation sites is 1. The molecule has 3 aromatic rings. The van der Waals surface area contributed by atoms with Crippen molar-refractivity contribution in [2.24, 2.45) is 0 Å². The summed E-state index contributed by atoms with van der Waals surface area (Å²) in [6, 6.07) is 11.8. The first kappa shape index (κ1) is 21.4. The Hall–Kier alpha value is -3.88. The van der Waals surface area contributed by atoms with Gasteiger partial charge in [-0.1, -0.05) is 18.2 Å². The third kappa shape index (κ3) is 4.41. The molecule has 1 fully saturated rings. The number of nitro groups is 1. The number of methoxy groups -OCH3 is 1. The Bertz CT molecular complexity index is 1160. The van der Waals surface area contributed by atoms with Crippen LogP contribution in [-0.2, 0) is 11.2 Å². The molecule has 0 bridgehead atoms. The topological polar surface area (TPSA) is 118 Å². The van der Waals surface area contributed by atoms with E-state index in [1.54, 1.807) is 19.4 Å². The zero-order valence-corrected chi connectivity index (χ0v) is 17.7. The van der Waals surface area contributed by atoms with Crippen LogP contribution in [0, 0.1) is 10.1 Å². The number of fused-ring (bicyclic) bond motifs is 1. The van der Waals surface area contributed by atoms with E-state index in [4.69, 9.17) is 4.74 Å². The Labute approximate surface area is 184 Å². The number of nitrogens with one attached hydrogen (secondary N) is 2. The Balaban J connectivity index is 1.35. The van der Waals surface area contributed by atoms with Crippen molar-refractivity contribution in [3.05, 3.63) is 69.9 Å². The van der Waals surface area contributed by atoms with Gasteiger partial charge in [0.1, 0.15) is 5.75 Å². The lowest BCUT2D eigenvalue weighted by Gasteiger charge is -2.32. The van der Waals surface area contributed by atoms with E-state index in [9.17, 15) is 19.7 Å². The van der Waals surface area contributed by atoms with Crippen molar-refractivity contribution in [3.8, 4) is 5.75 Å². The second kappa shape index (κ2) is 9.09. The number of H-pyrrole nitrogens is 1. The van der Waals surface area contributed by atoms with Crippen LogP contribution >= 0.6 is 0 Å². The number of rotatable bonds is 6. The van der Waals surface area contributed by atoms with E-state index in [1.165, 1.54) is 12.1 Å². The summed E-state index contributed by atoms with van der Waals surface area (Å²) in [7, 11) is 1.59. The van der Waals surface area contributed by atoms with E-state index in [0.717, 1.165) is 5.56 Å². The molecule has 1 aliphatic heterocycles. The summed E-state index contributed by atoms with van der Waals surface area (Å²) < 4.78 is 5.32. The third-order valence-corrected chi connectivity index (χ3v) is 5.84. The van der Waals surface area contributed by atoms with Crippen molar-refractivity contribution in [1.29, 1.82) is 0 Å². The average molecular weight is 436 g/mol. The number of hydrogen-bond donors (Lipinski definition) is 2. The first-order valence-electron chi connectivity index (χ1n) is 10.4. The number of amides is 2. The fourth-order valence-electron chi connectivity index (χ4n) is 4.07. The number of piperidine rings is 1. The Morgan fingerprint density at radius 1 is 1.22 bits per heavy atom. The number of ether oxygens (including phenoxy) is 1. The van der Waals surface area contributed by atoms with Crippen molar-refractivity contribution in [2.75, 3.05) is 20.2 Å². The van der Waals surface area contributed by atoms with Crippen molar-refractivity contribution in [3.63, 3.8) is 0 Å². The number of nitrogens with zero attached hydrogens (tertiary/aromatic N) is 2. The lowest BCUT2D eigenvalue weighted by Crippen LogP contribution is -2.47. The Morgan fingerprint density at radius 2 is 1.97 bits per heavy atom. The fraction of sp³-hybridized carbons (Fsp3) is 0.304.